The predicted octanol–water partition coefficient (Wildman–Crippen LogP) is 3.80. The second-order valence-corrected chi connectivity index (χ2v) is 6.69. The molecule has 24 heavy (non-hydrogen) atoms. The van der Waals surface area contributed by atoms with Gasteiger partial charge in [0.25, 0.3) is 0 Å². The second-order valence-electron chi connectivity index (χ2n) is 6.69. The lowest BCUT2D eigenvalue weighted by Gasteiger charge is -2.15. The van der Waals surface area contributed by atoms with Gasteiger partial charge in [0.15, 0.2) is 0 Å². The van der Waals surface area contributed by atoms with Gasteiger partial charge < -0.3 is 10.2 Å². The number of hydrogen-bond acceptors (Lipinski definition) is 2. The highest BCUT2D eigenvalue weighted by molar-refractivity contribution is 5.94. The summed E-state index contributed by atoms with van der Waals surface area (Å²) in [6, 6.07) is 15.8. The molecule has 0 radical (unpaired) electrons. The summed E-state index contributed by atoms with van der Waals surface area (Å²) >= 11 is 0. The number of nitrogens with one attached hydrogen (secondary N) is 1. The minimum atomic E-state index is 0.127. The standard InChI is InChI=1S/C21H26N2O/c1-15(22-3)7-8-17-5-4-6-18(13-17)19-9-10-21-20(14-19)11-12-23(21)16(2)24/h4-6,9-10,13-15,22H,7-8,11-12H2,1-3H3. The minimum Gasteiger partial charge on any atom is -0.317 e. The Morgan fingerprint density at radius 2 is 2.00 bits per heavy atom. The van der Waals surface area contributed by atoms with E-state index in [1.807, 2.05) is 11.9 Å². The zero-order chi connectivity index (χ0) is 17.1. The largest absolute Gasteiger partial charge is 0.317 e. The SMILES string of the molecule is CNC(C)CCc1cccc(-c2ccc3c(c2)CCN3C(C)=O)c1. The number of carbonyl (C=O) groups is 1. The summed E-state index contributed by atoms with van der Waals surface area (Å²) in [4.78, 5) is 13.6. The van der Waals surface area contributed by atoms with E-state index in [2.05, 4.69) is 54.7 Å². The third-order valence-corrected chi connectivity index (χ3v) is 4.97. The number of amides is 1. The Labute approximate surface area is 144 Å². The van der Waals surface area contributed by atoms with Gasteiger partial charge >= 0.3 is 0 Å². The van der Waals surface area contributed by atoms with Crippen LogP contribution in [0.5, 0.6) is 0 Å². The predicted molar refractivity (Wildman–Crippen MR) is 100 cm³/mol. The van der Waals surface area contributed by atoms with Gasteiger partial charge in [0.2, 0.25) is 5.91 Å². The van der Waals surface area contributed by atoms with Crippen LogP contribution in [-0.4, -0.2) is 25.5 Å². The van der Waals surface area contributed by atoms with Crippen LogP contribution in [0, 0.1) is 0 Å². The van der Waals surface area contributed by atoms with Gasteiger partial charge in [-0.25, -0.2) is 0 Å². The van der Waals surface area contributed by atoms with Crippen LogP contribution in [0.2, 0.25) is 0 Å². The van der Waals surface area contributed by atoms with Gasteiger partial charge in [-0.15, -0.1) is 0 Å². The zero-order valence-electron chi connectivity index (χ0n) is 14.8. The molecule has 0 spiro atoms. The molecule has 1 amide bonds. The Bertz CT molecular complexity index is 738. The molecule has 1 aliphatic rings. The molecule has 0 aliphatic carbocycles. The second kappa shape index (κ2) is 7.18. The number of carbonyl (C=O) groups excluding carboxylic acids is 1. The molecule has 1 atom stereocenters. The molecule has 3 rings (SSSR count). The van der Waals surface area contributed by atoms with Crippen molar-refractivity contribution in [3.05, 3.63) is 53.6 Å². The highest BCUT2D eigenvalue weighted by Gasteiger charge is 2.22. The fraction of sp³-hybridized carbons (Fsp3) is 0.381. The molecule has 2 aromatic carbocycles. The van der Waals surface area contributed by atoms with Crippen molar-refractivity contribution in [2.24, 2.45) is 0 Å². The van der Waals surface area contributed by atoms with Crippen molar-refractivity contribution in [2.75, 3.05) is 18.5 Å². The van der Waals surface area contributed by atoms with Crippen LogP contribution in [-0.2, 0) is 17.6 Å². The van der Waals surface area contributed by atoms with E-state index in [1.54, 1.807) is 6.92 Å². The molecule has 1 N–H and O–H groups in total. The van der Waals surface area contributed by atoms with Crippen molar-refractivity contribution >= 4 is 11.6 Å². The van der Waals surface area contributed by atoms with Crippen molar-refractivity contribution in [1.82, 2.24) is 5.32 Å². The third-order valence-electron chi connectivity index (χ3n) is 4.97. The highest BCUT2D eigenvalue weighted by atomic mass is 16.2. The average molecular weight is 322 g/mol. The Morgan fingerprint density at radius 3 is 2.75 bits per heavy atom. The van der Waals surface area contributed by atoms with Crippen molar-refractivity contribution in [2.45, 2.75) is 39.2 Å². The lowest BCUT2D eigenvalue weighted by molar-refractivity contribution is -0.116. The quantitative estimate of drug-likeness (QED) is 0.908. The maximum Gasteiger partial charge on any atom is 0.223 e. The van der Waals surface area contributed by atoms with Gasteiger partial charge in [0.1, 0.15) is 0 Å². The molecule has 3 heteroatoms. The Kier molecular flexibility index (Phi) is 5.00. The van der Waals surface area contributed by atoms with Crippen LogP contribution in [0.15, 0.2) is 42.5 Å². The maximum absolute atomic E-state index is 11.7. The minimum absolute atomic E-state index is 0.127. The topological polar surface area (TPSA) is 32.3 Å². The molecule has 0 fully saturated rings. The first-order chi connectivity index (χ1) is 11.6. The van der Waals surface area contributed by atoms with Crippen molar-refractivity contribution in [1.29, 1.82) is 0 Å². The van der Waals surface area contributed by atoms with Gasteiger partial charge in [-0.05, 0) is 67.6 Å². The monoisotopic (exact) mass is 322 g/mol. The first-order valence-corrected chi connectivity index (χ1v) is 8.76. The van der Waals surface area contributed by atoms with Crippen LogP contribution in [0.3, 0.4) is 0 Å². The zero-order valence-corrected chi connectivity index (χ0v) is 14.8. The third kappa shape index (κ3) is 3.51. The molecule has 0 saturated carbocycles. The molecule has 0 saturated heterocycles. The number of nitrogens with zero attached hydrogens (tertiary/aromatic N) is 1. The fourth-order valence-electron chi connectivity index (χ4n) is 3.34. The molecular formula is C21H26N2O. The first kappa shape index (κ1) is 16.7. The molecule has 3 nitrogen and oxygen atoms in total. The normalized spacial score (nSPS) is 14.5. The number of benzene rings is 2. The molecule has 0 bridgehead atoms. The van der Waals surface area contributed by atoms with E-state index in [0.717, 1.165) is 31.5 Å². The summed E-state index contributed by atoms with van der Waals surface area (Å²) in [5.74, 6) is 0.127. The summed E-state index contributed by atoms with van der Waals surface area (Å²) in [5.41, 5.74) is 6.22. The van der Waals surface area contributed by atoms with Gasteiger partial charge in [-0.3, -0.25) is 4.79 Å². The van der Waals surface area contributed by atoms with E-state index in [1.165, 1.54) is 22.3 Å². The van der Waals surface area contributed by atoms with Gasteiger partial charge in [-0.2, -0.15) is 0 Å². The molecule has 1 unspecified atom stereocenters. The van der Waals surface area contributed by atoms with Crippen LogP contribution in [0.1, 0.15) is 31.4 Å². The Hall–Kier alpha value is -2.13. The summed E-state index contributed by atoms with van der Waals surface area (Å²) in [7, 11) is 2.01. The van der Waals surface area contributed by atoms with E-state index < -0.39 is 0 Å². The molecule has 2 aromatic rings. The summed E-state index contributed by atoms with van der Waals surface area (Å²) < 4.78 is 0. The summed E-state index contributed by atoms with van der Waals surface area (Å²) in [6.07, 6.45) is 3.17. The number of aryl methyl sites for hydroxylation is 1. The number of anilines is 1. The summed E-state index contributed by atoms with van der Waals surface area (Å²) in [5, 5.41) is 3.29. The fourth-order valence-corrected chi connectivity index (χ4v) is 3.34. The van der Waals surface area contributed by atoms with Crippen molar-refractivity contribution < 1.29 is 4.79 Å². The lowest BCUT2D eigenvalue weighted by Crippen LogP contribution is -2.25. The maximum atomic E-state index is 11.7. The van der Waals surface area contributed by atoms with Crippen LogP contribution in [0.25, 0.3) is 11.1 Å². The summed E-state index contributed by atoms with van der Waals surface area (Å²) in [6.45, 7) is 4.65. The van der Waals surface area contributed by atoms with E-state index in [0.29, 0.717) is 6.04 Å². The van der Waals surface area contributed by atoms with Crippen molar-refractivity contribution in [3.8, 4) is 11.1 Å². The van der Waals surface area contributed by atoms with E-state index in [9.17, 15) is 4.79 Å². The van der Waals surface area contributed by atoms with Gasteiger partial charge in [-0.1, -0.05) is 30.3 Å². The molecule has 1 aliphatic heterocycles. The van der Waals surface area contributed by atoms with E-state index in [4.69, 9.17) is 0 Å². The van der Waals surface area contributed by atoms with E-state index >= 15 is 0 Å². The number of rotatable bonds is 5. The smallest absolute Gasteiger partial charge is 0.223 e. The Balaban J connectivity index is 1.81. The molecule has 1 heterocycles. The number of fused-ring (bicyclic) bond motifs is 1. The van der Waals surface area contributed by atoms with Crippen LogP contribution >= 0.6 is 0 Å². The lowest BCUT2D eigenvalue weighted by atomic mass is 9.98. The molecule has 0 aromatic heterocycles. The molecular weight excluding hydrogens is 296 g/mol. The Morgan fingerprint density at radius 1 is 1.21 bits per heavy atom. The number of hydrogen-bond donors (Lipinski definition) is 1. The first-order valence-electron chi connectivity index (χ1n) is 8.76. The van der Waals surface area contributed by atoms with Crippen LogP contribution in [0.4, 0.5) is 5.69 Å². The van der Waals surface area contributed by atoms with Gasteiger partial charge in [0.05, 0.1) is 0 Å². The van der Waals surface area contributed by atoms with E-state index in [-0.39, 0.29) is 5.91 Å². The average Bonchev–Trinajstić information content (AvgIpc) is 3.03. The van der Waals surface area contributed by atoms with Crippen LogP contribution < -0.4 is 10.2 Å². The highest BCUT2D eigenvalue weighted by Crippen LogP contribution is 2.32. The molecule has 126 valence electrons. The van der Waals surface area contributed by atoms with Gasteiger partial charge in [0, 0.05) is 25.2 Å². The van der Waals surface area contributed by atoms with Crippen molar-refractivity contribution in [3.63, 3.8) is 0 Å².